The number of anilines is 1. The van der Waals surface area contributed by atoms with E-state index in [0.717, 1.165) is 35.8 Å². The van der Waals surface area contributed by atoms with Gasteiger partial charge in [-0.05, 0) is 49.9 Å². The molecule has 0 radical (unpaired) electrons. The lowest BCUT2D eigenvalue weighted by molar-refractivity contribution is -0.127. The number of carbonyl (C=O) groups is 2. The van der Waals surface area contributed by atoms with Gasteiger partial charge in [-0.3, -0.25) is 9.59 Å². The van der Waals surface area contributed by atoms with Crippen LogP contribution in [0.1, 0.15) is 32.1 Å². The number of ether oxygens (including phenoxy) is 1. The molecule has 2 amide bonds. The third-order valence-electron chi connectivity index (χ3n) is 5.45. The van der Waals surface area contributed by atoms with Crippen molar-refractivity contribution in [3.05, 3.63) is 47.2 Å². The molecule has 1 N–H and O–H groups in total. The number of amides is 2. The highest BCUT2D eigenvalue weighted by Crippen LogP contribution is 2.28. The molecule has 2 heterocycles. The number of halogens is 1. The topological polar surface area (TPSA) is 84.4 Å². The van der Waals surface area contributed by atoms with E-state index in [1.165, 1.54) is 0 Å². The van der Waals surface area contributed by atoms with Crippen LogP contribution >= 0.6 is 15.9 Å². The summed E-state index contributed by atoms with van der Waals surface area (Å²) in [6.45, 7) is 0.422. The molecular formula is C21H23BrN4O3. The third kappa shape index (κ3) is 4.93. The number of nitrogens with zero attached hydrogens (tertiary/aromatic N) is 3. The van der Waals surface area contributed by atoms with Gasteiger partial charge in [0, 0.05) is 41.6 Å². The highest BCUT2D eigenvalue weighted by Gasteiger charge is 2.36. The van der Waals surface area contributed by atoms with Gasteiger partial charge < -0.3 is 15.0 Å². The molecule has 8 heteroatoms. The minimum Gasteiger partial charge on any atom is -0.460 e. The van der Waals surface area contributed by atoms with Gasteiger partial charge in [-0.25, -0.2) is 9.97 Å². The van der Waals surface area contributed by atoms with E-state index in [0.29, 0.717) is 12.6 Å². The molecule has 1 aliphatic carbocycles. The molecule has 0 bridgehead atoms. The van der Waals surface area contributed by atoms with Gasteiger partial charge in [0.05, 0.1) is 5.92 Å². The van der Waals surface area contributed by atoms with Crippen molar-refractivity contribution in [2.75, 3.05) is 11.4 Å². The van der Waals surface area contributed by atoms with Crippen LogP contribution < -0.4 is 15.0 Å². The van der Waals surface area contributed by atoms with Gasteiger partial charge in [0.15, 0.2) is 0 Å². The van der Waals surface area contributed by atoms with Crippen LogP contribution in [0.4, 0.5) is 5.69 Å². The van der Waals surface area contributed by atoms with E-state index in [1.54, 1.807) is 23.4 Å². The molecule has 1 saturated heterocycles. The predicted octanol–water partition coefficient (Wildman–Crippen LogP) is 3.10. The van der Waals surface area contributed by atoms with E-state index in [2.05, 4.69) is 31.2 Å². The second-order valence-electron chi connectivity index (χ2n) is 7.52. The minimum atomic E-state index is -0.312. The first-order chi connectivity index (χ1) is 14.1. The van der Waals surface area contributed by atoms with E-state index in [4.69, 9.17) is 4.74 Å². The van der Waals surface area contributed by atoms with E-state index in [1.807, 2.05) is 24.3 Å². The first-order valence-electron chi connectivity index (χ1n) is 9.88. The van der Waals surface area contributed by atoms with Gasteiger partial charge in [0.1, 0.15) is 6.10 Å². The fraction of sp³-hybridized carbons (Fsp3) is 0.429. The van der Waals surface area contributed by atoms with Crippen molar-refractivity contribution >= 4 is 33.4 Å². The van der Waals surface area contributed by atoms with E-state index in [9.17, 15) is 9.59 Å². The Morgan fingerprint density at radius 1 is 1.14 bits per heavy atom. The standard InChI is InChI=1S/C21H23BrN4O3/c22-15-3-1-4-17(12-15)26-13-14(11-19(26)27)20(28)25-16-5-7-18(8-6-16)29-21-23-9-2-10-24-21/h1-4,9-10,12,14,16,18H,5-8,11,13H2,(H,25,28). The summed E-state index contributed by atoms with van der Waals surface area (Å²) in [5, 5.41) is 3.14. The highest BCUT2D eigenvalue weighted by atomic mass is 79.9. The second-order valence-corrected chi connectivity index (χ2v) is 8.43. The molecule has 29 heavy (non-hydrogen) atoms. The molecule has 1 saturated carbocycles. The molecule has 7 nitrogen and oxygen atoms in total. The molecule has 0 spiro atoms. The average molecular weight is 459 g/mol. The maximum absolute atomic E-state index is 12.7. The van der Waals surface area contributed by atoms with Crippen LogP contribution in [-0.4, -0.2) is 40.5 Å². The monoisotopic (exact) mass is 458 g/mol. The number of rotatable bonds is 5. The van der Waals surface area contributed by atoms with Crippen LogP contribution in [0.5, 0.6) is 6.01 Å². The van der Waals surface area contributed by atoms with Crippen LogP contribution in [0.3, 0.4) is 0 Å². The predicted molar refractivity (Wildman–Crippen MR) is 111 cm³/mol. The number of hydrogen-bond acceptors (Lipinski definition) is 5. The molecule has 1 unspecified atom stereocenters. The first-order valence-corrected chi connectivity index (χ1v) is 10.7. The van der Waals surface area contributed by atoms with Gasteiger partial charge in [0.25, 0.3) is 0 Å². The normalized spacial score (nSPS) is 24.4. The summed E-state index contributed by atoms with van der Waals surface area (Å²) in [5.74, 6) is -0.358. The zero-order chi connectivity index (χ0) is 20.2. The van der Waals surface area contributed by atoms with Crippen molar-refractivity contribution in [2.24, 2.45) is 5.92 Å². The zero-order valence-electron chi connectivity index (χ0n) is 16.0. The zero-order valence-corrected chi connectivity index (χ0v) is 17.5. The molecule has 1 aromatic carbocycles. The first kappa shape index (κ1) is 19.8. The van der Waals surface area contributed by atoms with Gasteiger partial charge in [-0.1, -0.05) is 22.0 Å². The number of aromatic nitrogens is 2. The Hall–Kier alpha value is -2.48. The highest BCUT2D eigenvalue weighted by molar-refractivity contribution is 9.10. The average Bonchev–Trinajstić information content (AvgIpc) is 3.12. The Bertz CT molecular complexity index is 871. The Balaban J connectivity index is 1.26. The smallest absolute Gasteiger partial charge is 0.316 e. The molecule has 152 valence electrons. The molecule has 2 aromatic rings. The molecule has 2 fully saturated rings. The Labute approximate surface area is 178 Å². The van der Waals surface area contributed by atoms with E-state index >= 15 is 0 Å². The van der Waals surface area contributed by atoms with Crippen molar-refractivity contribution in [3.63, 3.8) is 0 Å². The third-order valence-corrected chi connectivity index (χ3v) is 5.94. The summed E-state index contributed by atoms with van der Waals surface area (Å²) in [6.07, 6.45) is 7.03. The summed E-state index contributed by atoms with van der Waals surface area (Å²) < 4.78 is 6.72. The van der Waals surface area contributed by atoms with Crippen molar-refractivity contribution in [2.45, 2.75) is 44.2 Å². The maximum Gasteiger partial charge on any atom is 0.316 e. The molecule has 1 aromatic heterocycles. The lowest BCUT2D eigenvalue weighted by Crippen LogP contribution is -2.43. The van der Waals surface area contributed by atoms with Crippen LogP contribution in [0, 0.1) is 5.92 Å². The van der Waals surface area contributed by atoms with E-state index < -0.39 is 0 Å². The summed E-state index contributed by atoms with van der Waals surface area (Å²) >= 11 is 3.43. The van der Waals surface area contributed by atoms with Crippen LogP contribution in [0.25, 0.3) is 0 Å². The van der Waals surface area contributed by atoms with Crippen molar-refractivity contribution in [1.82, 2.24) is 15.3 Å². The maximum atomic E-state index is 12.7. The molecule has 2 aliphatic rings. The SMILES string of the molecule is O=C(NC1CCC(Oc2ncccn2)CC1)C1CC(=O)N(c2cccc(Br)c2)C1. The van der Waals surface area contributed by atoms with Crippen molar-refractivity contribution in [3.8, 4) is 6.01 Å². The van der Waals surface area contributed by atoms with Crippen LogP contribution in [0.15, 0.2) is 47.2 Å². The van der Waals surface area contributed by atoms with E-state index in [-0.39, 0.29) is 36.3 Å². The molecule has 1 atom stereocenters. The number of carbonyl (C=O) groups excluding carboxylic acids is 2. The van der Waals surface area contributed by atoms with Gasteiger partial charge in [0.2, 0.25) is 11.8 Å². The summed E-state index contributed by atoms with van der Waals surface area (Å²) in [5.41, 5.74) is 0.820. The van der Waals surface area contributed by atoms with Crippen molar-refractivity contribution < 1.29 is 14.3 Å². The van der Waals surface area contributed by atoms with Crippen molar-refractivity contribution in [1.29, 1.82) is 0 Å². The fourth-order valence-corrected chi connectivity index (χ4v) is 4.30. The number of benzene rings is 1. The Morgan fingerprint density at radius 3 is 2.62 bits per heavy atom. The minimum absolute atomic E-state index is 0.0109. The van der Waals surface area contributed by atoms with Crippen LogP contribution in [0.2, 0.25) is 0 Å². The van der Waals surface area contributed by atoms with Gasteiger partial charge in [-0.2, -0.15) is 0 Å². The molecule has 1 aliphatic heterocycles. The Morgan fingerprint density at radius 2 is 1.90 bits per heavy atom. The molecular weight excluding hydrogens is 436 g/mol. The summed E-state index contributed by atoms with van der Waals surface area (Å²) in [6, 6.07) is 9.87. The van der Waals surface area contributed by atoms with Crippen LogP contribution in [-0.2, 0) is 9.59 Å². The second kappa shape index (κ2) is 8.90. The fourth-order valence-electron chi connectivity index (χ4n) is 3.92. The number of nitrogens with one attached hydrogen (secondary N) is 1. The number of hydrogen-bond donors (Lipinski definition) is 1. The summed E-state index contributed by atoms with van der Waals surface area (Å²) in [7, 11) is 0. The largest absolute Gasteiger partial charge is 0.460 e. The quantitative estimate of drug-likeness (QED) is 0.743. The lowest BCUT2D eigenvalue weighted by Gasteiger charge is -2.29. The Kier molecular flexibility index (Phi) is 6.08. The lowest BCUT2D eigenvalue weighted by atomic mass is 9.92. The summed E-state index contributed by atoms with van der Waals surface area (Å²) in [4.78, 5) is 35.0. The van der Waals surface area contributed by atoms with Gasteiger partial charge >= 0.3 is 6.01 Å². The molecule has 4 rings (SSSR count). The van der Waals surface area contributed by atoms with Gasteiger partial charge in [-0.15, -0.1) is 0 Å².